The van der Waals surface area contributed by atoms with Crippen LogP contribution in [0, 0.1) is 5.92 Å². The number of amides is 1. The summed E-state index contributed by atoms with van der Waals surface area (Å²) in [5.74, 6) is -0.449. The lowest BCUT2D eigenvalue weighted by molar-refractivity contribution is -0.146. The number of carbonyl (C=O) groups is 2. The van der Waals surface area contributed by atoms with Gasteiger partial charge in [0.15, 0.2) is 6.04 Å². The molecule has 1 heterocycles. The molecule has 2 N–H and O–H groups in total. The normalized spacial score (nSPS) is 16.3. The molecule has 6 nitrogen and oxygen atoms in total. The first-order valence-corrected chi connectivity index (χ1v) is 9.50. The van der Waals surface area contributed by atoms with Crippen LogP contribution in [0.1, 0.15) is 30.0 Å². The van der Waals surface area contributed by atoms with Crippen molar-refractivity contribution in [2.45, 2.75) is 25.4 Å². The Balaban J connectivity index is 1.56. The van der Waals surface area contributed by atoms with Crippen molar-refractivity contribution >= 4 is 11.9 Å². The molecule has 1 aliphatic rings. The number of nitrogens with zero attached hydrogens (tertiary/aromatic N) is 1. The van der Waals surface area contributed by atoms with Crippen molar-refractivity contribution in [3.63, 3.8) is 0 Å². The van der Waals surface area contributed by atoms with E-state index in [-0.39, 0.29) is 17.6 Å². The lowest BCUT2D eigenvalue weighted by Crippen LogP contribution is -2.43. The number of carbonyl (C=O) groups excluding carboxylic acids is 2. The third kappa shape index (κ3) is 5.10. The number of aromatic hydroxyl groups is 1. The molecule has 1 saturated heterocycles. The van der Waals surface area contributed by atoms with Crippen LogP contribution in [0.5, 0.6) is 5.75 Å². The molecular formula is C22H26N2O4. The molecule has 0 radical (unpaired) electrons. The summed E-state index contributed by atoms with van der Waals surface area (Å²) >= 11 is 0. The van der Waals surface area contributed by atoms with E-state index in [1.807, 2.05) is 30.3 Å². The van der Waals surface area contributed by atoms with E-state index in [9.17, 15) is 14.7 Å². The predicted molar refractivity (Wildman–Crippen MR) is 105 cm³/mol. The van der Waals surface area contributed by atoms with E-state index in [0.29, 0.717) is 5.56 Å². The molecule has 0 aliphatic carbocycles. The van der Waals surface area contributed by atoms with Crippen LogP contribution in [0.25, 0.3) is 0 Å². The van der Waals surface area contributed by atoms with Gasteiger partial charge in [0.2, 0.25) is 5.91 Å². The molecule has 2 aromatic carbocycles. The first-order valence-electron chi connectivity index (χ1n) is 9.50. The van der Waals surface area contributed by atoms with Gasteiger partial charge in [-0.1, -0.05) is 42.5 Å². The second kappa shape index (κ2) is 9.37. The van der Waals surface area contributed by atoms with Gasteiger partial charge < -0.3 is 15.2 Å². The van der Waals surface area contributed by atoms with Crippen LogP contribution >= 0.6 is 0 Å². The van der Waals surface area contributed by atoms with E-state index in [0.717, 1.165) is 38.0 Å². The fourth-order valence-corrected chi connectivity index (χ4v) is 3.57. The summed E-state index contributed by atoms with van der Waals surface area (Å²) in [5.41, 5.74) is 1.77. The molecule has 0 bridgehead atoms. The Bertz CT molecular complexity index is 801. The summed E-state index contributed by atoms with van der Waals surface area (Å²) in [6.45, 7) is 2.33. The summed E-state index contributed by atoms with van der Waals surface area (Å²) in [6.07, 6.45) is 1.46. The molecule has 28 heavy (non-hydrogen) atoms. The molecule has 1 atom stereocenters. The maximum atomic E-state index is 12.7. The topological polar surface area (TPSA) is 78.9 Å². The van der Waals surface area contributed by atoms with Gasteiger partial charge in [0.25, 0.3) is 0 Å². The summed E-state index contributed by atoms with van der Waals surface area (Å²) in [5, 5.41) is 12.5. The highest BCUT2D eigenvalue weighted by molar-refractivity contribution is 5.86. The molecule has 148 valence electrons. The molecule has 1 aliphatic heterocycles. The molecule has 1 amide bonds. The van der Waals surface area contributed by atoms with Crippen LogP contribution in [0.15, 0.2) is 54.6 Å². The maximum Gasteiger partial charge on any atom is 0.333 e. The monoisotopic (exact) mass is 382 g/mol. The van der Waals surface area contributed by atoms with Crippen molar-refractivity contribution in [1.82, 2.24) is 10.2 Å². The molecule has 0 aromatic heterocycles. The van der Waals surface area contributed by atoms with Crippen LogP contribution in [-0.4, -0.2) is 42.1 Å². The number of hydrogen-bond acceptors (Lipinski definition) is 5. The Morgan fingerprint density at radius 3 is 2.50 bits per heavy atom. The van der Waals surface area contributed by atoms with Crippen molar-refractivity contribution < 1.29 is 19.4 Å². The Morgan fingerprint density at radius 1 is 1.14 bits per heavy atom. The van der Waals surface area contributed by atoms with Crippen LogP contribution in [-0.2, 0) is 20.9 Å². The van der Waals surface area contributed by atoms with Crippen molar-refractivity contribution in [3.8, 4) is 5.75 Å². The van der Waals surface area contributed by atoms with Crippen LogP contribution in [0.2, 0.25) is 0 Å². The highest BCUT2D eigenvalue weighted by atomic mass is 16.5. The van der Waals surface area contributed by atoms with Gasteiger partial charge in [0.05, 0.1) is 7.11 Å². The SMILES string of the molecule is COC(=O)C(NC(=O)C1CCN(Cc2cccc(O)c2)CC1)c1ccccc1. The van der Waals surface area contributed by atoms with E-state index >= 15 is 0 Å². The van der Waals surface area contributed by atoms with E-state index < -0.39 is 12.0 Å². The average Bonchev–Trinajstić information content (AvgIpc) is 2.72. The van der Waals surface area contributed by atoms with Crippen LogP contribution in [0.3, 0.4) is 0 Å². The van der Waals surface area contributed by atoms with Crippen molar-refractivity contribution in [3.05, 3.63) is 65.7 Å². The molecule has 2 aromatic rings. The Morgan fingerprint density at radius 2 is 1.86 bits per heavy atom. The summed E-state index contributed by atoms with van der Waals surface area (Å²) < 4.78 is 4.87. The van der Waals surface area contributed by atoms with Gasteiger partial charge in [-0.05, 0) is 49.2 Å². The molecule has 0 spiro atoms. The van der Waals surface area contributed by atoms with Crippen LogP contribution in [0.4, 0.5) is 0 Å². The maximum absolute atomic E-state index is 12.7. The first-order chi connectivity index (χ1) is 13.6. The van der Waals surface area contributed by atoms with Crippen molar-refractivity contribution in [1.29, 1.82) is 0 Å². The molecule has 1 fully saturated rings. The van der Waals surface area contributed by atoms with Gasteiger partial charge in [-0.25, -0.2) is 4.79 Å². The lowest BCUT2D eigenvalue weighted by Gasteiger charge is -2.32. The molecule has 0 saturated carbocycles. The van der Waals surface area contributed by atoms with Gasteiger partial charge >= 0.3 is 5.97 Å². The molecule has 3 rings (SSSR count). The number of benzene rings is 2. The van der Waals surface area contributed by atoms with E-state index in [4.69, 9.17) is 4.74 Å². The number of ether oxygens (including phenoxy) is 1. The Labute approximate surface area is 165 Å². The fourth-order valence-electron chi connectivity index (χ4n) is 3.57. The van der Waals surface area contributed by atoms with E-state index in [1.165, 1.54) is 7.11 Å². The quantitative estimate of drug-likeness (QED) is 0.751. The number of phenols is 1. The summed E-state index contributed by atoms with van der Waals surface area (Å²) in [7, 11) is 1.32. The standard InChI is InChI=1S/C22H26N2O4/c1-28-22(27)20(17-7-3-2-4-8-17)23-21(26)18-10-12-24(13-11-18)15-16-6-5-9-19(25)14-16/h2-9,14,18,20,25H,10-13,15H2,1H3,(H,23,26). The molecule has 1 unspecified atom stereocenters. The van der Waals surface area contributed by atoms with Crippen LogP contribution < -0.4 is 5.32 Å². The van der Waals surface area contributed by atoms with E-state index in [1.54, 1.807) is 24.3 Å². The average molecular weight is 382 g/mol. The second-order valence-electron chi connectivity index (χ2n) is 7.10. The van der Waals surface area contributed by atoms with Gasteiger partial charge in [-0.15, -0.1) is 0 Å². The van der Waals surface area contributed by atoms with Gasteiger partial charge in [-0.3, -0.25) is 9.69 Å². The number of rotatable bonds is 6. The number of piperidine rings is 1. The number of esters is 1. The minimum atomic E-state index is -0.788. The number of hydrogen-bond donors (Lipinski definition) is 2. The molecular weight excluding hydrogens is 356 g/mol. The summed E-state index contributed by atoms with van der Waals surface area (Å²) in [4.78, 5) is 27.2. The van der Waals surface area contributed by atoms with E-state index in [2.05, 4.69) is 10.2 Å². The van der Waals surface area contributed by atoms with Gasteiger partial charge in [0, 0.05) is 12.5 Å². The molecule has 6 heteroatoms. The number of methoxy groups -OCH3 is 1. The lowest BCUT2D eigenvalue weighted by atomic mass is 9.94. The first kappa shape index (κ1) is 19.9. The minimum Gasteiger partial charge on any atom is -0.508 e. The highest BCUT2D eigenvalue weighted by Gasteiger charge is 2.29. The van der Waals surface area contributed by atoms with Gasteiger partial charge in [0.1, 0.15) is 5.75 Å². The summed E-state index contributed by atoms with van der Waals surface area (Å²) in [6, 6.07) is 15.6. The third-order valence-corrected chi connectivity index (χ3v) is 5.13. The van der Waals surface area contributed by atoms with Gasteiger partial charge in [-0.2, -0.15) is 0 Å². The fraction of sp³-hybridized carbons (Fsp3) is 0.364. The predicted octanol–water partition coefficient (Wildman–Crippen LogP) is 2.63. The Hall–Kier alpha value is -2.86. The van der Waals surface area contributed by atoms with Crippen molar-refractivity contribution in [2.75, 3.05) is 20.2 Å². The zero-order chi connectivity index (χ0) is 19.9. The zero-order valence-corrected chi connectivity index (χ0v) is 16.0. The number of likely N-dealkylation sites (tertiary alicyclic amines) is 1. The minimum absolute atomic E-state index is 0.115. The Kier molecular flexibility index (Phi) is 6.66. The number of phenolic OH excluding ortho intramolecular Hbond substituents is 1. The smallest absolute Gasteiger partial charge is 0.333 e. The largest absolute Gasteiger partial charge is 0.508 e. The third-order valence-electron chi connectivity index (χ3n) is 5.13. The highest BCUT2D eigenvalue weighted by Crippen LogP contribution is 2.22. The second-order valence-corrected chi connectivity index (χ2v) is 7.10. The van der Waals surface area contributed by atoms with Crippen molar-refractivity contribution in [2.24, 2.45) is 5.92 Å². The number of nitrogens with one attached hydrogen (secondary N) is 1. The zero-order valence-electron chi connectivity index (χ0n) is 16.0.